The van der Waals surface area contributed by atoms with E-state index >= 15 is 0 Å². The molecule has 7 nitrogen and oxygen atoms in total. The highest BCUT2D eigenvalue weighted by Crippen LogP contribution is 2.30. The van der Waals surface area contributed by atoms with Gasteiger partial charge in [-0.2, -0.15) is 0 Å². The molecule has 25 heavy (non-hydrogen) atoms. The molecular weight excluding hydrogens is 320 g/mol. The third-order valence-corrected chi connectivity index (χ3v) is 3.48. The fourth-order valence-electron chi connectivity index (χ4n) is 2.44. The van der Waals surface area contributed by atoms with Gasteiger partial charge in [-0.25, -0.2) is 9.78 Å². The van der Waals surface area contributed by atoms with E-state index in [4.69, 9.17) is 9.47 Å². The Morgan fingerprint density at radius 1 is 1.00 bits per heavy atom. The Morgan fingerprint density at radius 2 is 1.68 bits per heavy atom. The number of imidazole rings is 1. The van der Waals surface area contributed by atoms with Crippen molar-refractivity contribution >= 4 is 28.4 Å². The summed E-state index contributed by atoms with van der Waals surface area (Å²) >= 11 is 0. The molecule has 1 aromatic heterocycles. The van der Waals surface area contributed by atoms with E-state index in [1.807, 2.05) is 26.0 Å². The molecule has 3 N–H and O–H groups in total. The van der Waals surface area contributed by atoms with Crippen LogP contribution in [0.25, 0.3) is 11.0 Å². The maximum absolute atomic E-state index is 12.2. The van der Waals surface area contributed by atoms with Crippen LogP contribution in [0.3, 0.4) is 0 Å². The number of aromatic nitrogens is 2. The number of carbonyl (C=O) groups is 1. The predicted octanol–water partition coefficient (Wildman–Crippen LogP) is 4.00. The molecule has 1 heterocycles. The number of anilines is 2. The zero-order chi connectivity index (χ0) is 17.6. The highest BCUT2D eigenvalue weighted by atomic mass is 16.5. The Labute approximate surface area is 145 Å². The maximum atomic E-state index is 12.2. The van der Waals surface area contributed by atoms with Crippen molar-refractivity contribution in [2.75, 3.05) is 23.8 Å². The summed E-state index contributed by atoms with van der Waals surface area (Å²) in [6.07, 6.45) is 1.61. The van der Waals surface area contributed by atoms with E-state index in [0.717, 1.165) is 11.0 Å². The first-order valence-corrected chi connectivity index (χ1v) is 8.10. The zero-order valence-corrected chi connectivity index (χ0v) is 14.1. The van der Waals surface area contributed by atoms with Crippen LogP contribution in [0.5, 0.6) is 11.5 Å². The Morgan fingerprint density at radius 3 is 2.44 bits per heavy atom. The molecular formula is C18H20N4O3. The first-order valence-electron chi connectivity index (χ1n) is 8.10. The normalized spacial score (nSPS) is 10.5. The van der Waals surface area contributed by atoms with Gasteiger partial charge in [0.2, 0.25) is 0 Å². The van der Waals surface area contributed by atoms with Crippen molar-refractivity contribution in [3.05, 3.63) is 42.7 Å². The summed E-state index contributed by atoms with van der Waals surface area (Å²) in [4.78, 5) is 19.4. The van der Waals surface area contributed by atoms with Gasteiger partial charge < -0.3 is 25.1 Å². The monoisotopic (exact) mass is 340 g/mol. The summed E-state index contributed by atoms with van der Waals surface area (Å²) in [6.45, 7) is 4.86. The lowest BCUT2D eigenvalue weighted by atomic mass is 10.2. The van der Waals surface area contributed by atoms with E-state index < -0.39 is 0 Å². The van der Waals surface area contributed by atoms with Crippen LogP contribution >= 0.6 is 0 Å². The quantitative estimate of drug-likeness (QED) is 0.633. The number of hydrogen-bond acceptors (Lipinski definition) is 4. The van der Waals surface area contributed by atoms with Crippen molar-refractivity contribution in [1.29, 1.82) is 0 Å². The van der Waals surface area contributed by atoms with Gasteiger partial charge >= 0.3 is 6.03 Å². The van der Waals surface area contributed by atoms with Crippen molar-refractivity contribution in [2.24, 2.45) is 0 Å². The molecule has 0 atom stereocenters. The van der Waals surface area contributed by atoms with Crippen LogP contribution in [0, 0.1) is 0 Å². The van der Waals surface area contributed by atoms with Gasteiger partial charge in [-0.1, -0.05) is 0 Å². The van der Waals surface area contributed by atoms with E-state index in [-0.39, 0.29) is 6.03 Å². The average Bonchev–Trinajstić information content (AvgIpc) is 3.05. The molecule has 0 saturated carbocycles. The Balaban J connectivity index is 1.70. The van der Waals surface area contributed by atoms with Gasteiger partial charge in [0.25, 0.3) is 0 Å². The number of nitrogens with one attached hydrogen (secondary N) is 3. The number of urea groups is 1. The Hall–Kier alpha value is -3.22. The number of nitrogens with zero attached hydrogens (tertiary/aromatic N) is 1. The molecule has 0 aliphatic carbocycles. The van der Waals surface area contributed by atoms with Crippen molar-refractivity contribution in [2.45, 2.75) is 13.8 Å². The summed E-state index contributed by atoms with van der Waals surface area (Å²) in [5.41, 5.74) is 2.99. The minimum atomic E-state index is -0.342. The SMILES string of the molecule is CCOc1ccc(NC(=O)Nc2ccc3nc[nH]c3c2)cc1OCC. The second-order valence-electron chi connectivity index (χ2n) is 5.24. The minimum Gasteiger partial charge on any atom is -0.490 e. The molecule has 7 heteroatoms. The van der Waals surface area contributed by atoms with Crippen molar-refractivity contribution in [3.8, 4) is 11.5 Å². The lowest BCUT2D eigenvalue weighted by Gasteiger charge is -2.13. The summed E-state index contributed by atoms with van der Waals surface area (Å²) in [6, 6.07) is 10.4. The van der Waals surface area contributed by atoms with Crippen LogP contribution in [0.1, 0.15) is 13.8 Å². The molecule has 0 saturated heterocycles. The van der Waals surface area contributed by atoms with Gasteiger partial charge in [0.15, 0.2) is 11.5 Å². The van der Waals surface area contributed by atoms with Gasteiger partial charge in [0, 0.05) is 17.4 Å². The molecule has 0 unspecified atom stereocenters. The fraction of sp³-hybridized carbons (Fsp3) is 0.222. The molecule has 2 aromatic carbocycles. The number of amides is 2. The van der Waals surface area contributed by atoms with Crippen LogP contribution in [0.2, 0.25) is 0 Å². The number of aromatic amines is 1. The lowest BCUT2D eigenvalue weighted by molar-refractivity contribution is 0.262. The molecule has 130 valence electrons. The highest BCUT2D eigenvalue weighted by molar-refractivity contribution is 6.00. The van der Waals surface area contributed by atoms with Gasteiger partial charge in [-0.3, -0.25) is 0 Å². The molecule has 3 rings (SSSR count). The summed E-state index contributed by atoms with van der Waals surface area (Å²) in [5, 5.41) is 5.58. The van der Waals surface area contributed by atoms with Gasteiger partial charge in [0.05, 0.1) is 30.6 Å². The van der Waals surface area contributed by atoms with Crippen LogP contribution in [0.15, 0.2) is 42.7 Å². The zero-order valence-electron chi connectivity index (χ0n) is 14.1. The van der Waals surface area contributed by atoms with Crippen LogP contribution in [0.4, 0.5) is 16.2 Å². The van der Waals surface area contributed by atoms with E-state index in [1.165, 1.54) is 0 Å². The van der Waals surface area contributed by atoms with E-state index in [2.05, 4.69) is 20.6 Å². The van der Waals surface area contributed by atoms with Crippen molar-refractivity contribution in [1.82, 2.24) is 9.97 Å². The second-order valence-corrected chi connectivity index (χ2v) is 5.24. The van der Waals surface area contributed by atoms with Gasteiger partial charge in [-0.15, -0.1) is 0 Å². The fourth-order valence-corrected chi connectivity index (χ4v) is 2.44. The standard InChI is InChI=1S/C18H20N4O3/c1-3-24-16-8-6-13(10-17(16)25-4-2)22-18(23)21-12-5-7-14-15(9-12)20-11-19-14/h5-11H,3-4H2,1-2H3,(H,19,20)(H2,21,22,23). The highest BCUT2D eigenvalue weighted by Gasteiger charge is 2.09. The summed E-state index contributed by atoms with van der Waals surface area (Å²) < 4.78 is 11.1. The number of H-pyrrole nitrogens is 1. The number of benzene rings is 2. The number of rotatable bonds is 6. The summed E-state index contributed by atoms with van der Waals surface area (Å²) in [5.74, 6) is 1.25. The lowest BCUT2D eigenvalue weighted by Crippen LogP contribution is -2.19. The van der Waals surface area contributed by atoms with Gasteiger partial charge in [-0.05, 0) is 44.2 Å². The van der Waals surface area contributed by atoms with Crippen LogP contribution < -0.4 is 20.1 Å². The van der Waals surface area contributed by atoms with Crippen molar-refractivity contribution in [3.63, 3.8) is 0 Å². The number of ether oxygens (including phenoxy) is 2. The maximum Gasteiger partial charge on any atom is 0.323 e. The number of hydrogen-bond donors (Lipinski definition) is 3. The molecule has 0 spiro atoms. The summed E-state index contributed by atoms with van der Waals surface area (Å²) in [7, 11) is 0. The molecule has 3 aromatic rings. The smallest absolute Gasteiger partial charge is 0.323 e. The minimum absolute atomic E-state index is 0.342. The third-order valence-electron chi connectivity index (χ3n) is 3.48. The van der Waals surface area contributed by atoms with Crippen molar-refractivity contribution < 1.29 is 14.3 Å². The largest absolute Gasteiger partial charge is 0.490 e. The second kappa shape index (κ2) is 7.57. The molecule has 2 amide bonds. The van der Waals surface area contributed by atoms with Crippen LogP contribution in [-0.4, -0.2) is 29.2 Å². The van der Waals surface area contributed by atoms with E-state index in [1.54, 1.807) is 30.6 Å². The number of carbonyl (C=O) groups excluding carboxylic acids is 1. The first-order chi connectivity index (χ1) is 12.2. The molecule has 0 aliphatic heterocycles. The molecule has 0 bridgehead atoms. The first kappa shape index (κ1) is 16.6. The van der Waals surface area contributed by atoms with E-state index in [0.29, 0.717) is 36.1 Å². The third kappa shape index (κ3) is 4.00. The van der Waals surface area contributed by atoms with Gasteiger partial charge in [0.1, 0.15) is 0 Å². The molecule has 0 fully saturated rings. The Kier molecular flexibility index (Phi) is 5.03. The molecule has 0 aliphatic rings. The predicted molar refractivity (Wildman–Crippen MR) is 97.5 cm³/mol. The van der Waals surface area contributed by atoms with E-state index in [9.17, 15) is 4.79 Å². The molecule has 0 radical (unpaired) electrons. The average molecular weight is 340 g/mol. The Bertz CT molecular complexity index is 876. The number of fused-ring (bicyclic) bond motifs is 1. The van der Waals surface area contributed by atoms with Crippen LogP contribution in [-0.2, 0) is 0 Å². The topological polar surface area (TPSA) is 88.3 Å².